The summed E-state index contributed by atoms with van der Waals surface area (Å²) in [6, 6.07) is 8.62. The molecular weight excluding hydrogens is 308 g/mol. The normalized spacial score (nSPS) is 18.2. The number of primary amides is 1. The minimum atomic E-state index is -0.801. The predicted molar refractivity (Wildman–Crippen MR) is 87.1 cm³/mol. The van der Waals surface area contributed by atoms with Gasteiger partial charge in [0, 0.05) is 6.42 Å². The average Bonchev–Trinajstić information content (AvgIpc) is 3.26. The highest BCUT2D eigenvalue weighted by atomic mass is 16.3. The monoisotopic (exact) mass is 328 g/mol. The van der Waals surface area contributed by atoms with Crippen LogP contribution < -0.4 is 16.4 Å². The van der Waals surface area contributed by atoms with Gasteiger partial charge in [0.25, 0.3) is 5.91 Å². The fourth-order valence-corrected chi connectivity index (χ4v) is 2.75. The lowest BCUT2D eigenvalue weighted by Gasteiger charge is -2.14. The molecule has 2 aromatic rings. The predicted octanol–water partition coefficient (Wildman–Crippen LogP) is 0.925. The Hall–Kier alpha value is -2.67. The maximum absolute atomic E-state index is 12.3. The van der Waals surface area contributed by atoms with Crippen molar-refractivity contribution >= 4 is 11.8 Å². The van der Waals surface area contributed by atoms with Crippen LogP contribution in [0.3, 0.4) is 0 Å². The molecule has 7 heteroatoms. The van der Waals surface area contributed by atoms with Crippen LogP contribution in [-0.2, 0) is 11.2 Å². The number of carbonyl (C=O) groups is 2. The van der Waals surface area contributed by atoms with E-state index in [1.54, 1.807) is 0 Å². The van der Waals surface area contributed by atoms with Crippen LogP contribution in [0.1, 0.15) is 40.8 Å². The summed E-state index contributed by atoms with van der Waals surface area (Å²) in [6.45, 7) is 0.912. The Bertz CT molecular complexity index is 708. The Morgan fingerprint density at radius 1 is 1.38 bits per heavy atom. The Balaban J connectivity index is 1.66. The maximum Gasteiger partial charge on any atom is 0.273 e. The molecule has 1 saturated heterocycles. The summed E-state index contributed by atoms with van der Waals surface area (Å²) in [4.78, 5) is 28.2. The number of carbonyl (C=O) groups excluding carboxylic acids is 2. The molecule has 126 valence electrons. The lowest BCUT2D eigenvalue weighted by molar-refractivity contribution is -0.119. The van der Waals surface area contributed by atoms with E-state index in [1.807, 2.05) is 30.3 Å². The highest BCUT2D eigenvalue weighted by Gasteiger charge is 2.25. The summed E-state index contributed by atoms with van der Waals surface area (Å²) < 4.78 is 5.38. The molecule has 2 atom stereocenters. The molecule has 0 bridgehead atoms. The lowest BCUT2D eigenvalue weighted by Crippen LogP contribution is -2.46. The molecule has 1 fully saturated rings. The summed E-state index contributed by atoms with van der Waals surface area (Å²) in [7, 11) is 0. The van der Waals surface area contributed by atoms with Crippen molar-refractivity contribution in [2.75, 3.05) is 6.54 Å². The maximum atomic E-state index is 12.3. The lowest BCUT2D eigenvalue weighted by atomic mass is 10.1. The van der Waals surface area contributed by atoms with Crippen LogP contribution in [0, 0.1) is 0 Å². The molecule has 1 aliphatic rings. The summed E-state index contributed by atoms with van der Waals surface area (Å²) in [5, 5.41) is 5.88. The van der Waals surface area contributed by atoms with Crippen molar-refractivity contribution in [1.29, 1.82) is 0 Å². The second-order valence-corrected chi connectivity index (χ2v) is 5.84. The van der Waals surface area contributed by atoms with Crippen LogP contribution in [0.5, 0.6) is 0 Å². The number of benzene rings is 1. The number of rotatable bonds is 6. The zero-order valence-electron chi connectivity index (χ0n) is 13.2. The van der Waals surface area contributed by atoms with Gasteiger partial charge in [0.2, 0.25) is 11.8 Å². The molecule has 2 heterocycles. The first-order chi connectivity index (χ1) is 11.6. The van der Waals surface area contributed by atoms with E-state index in [1.165, 1.54) is 6.26 Å². The van der Waals surface area contributed by atoms with E-state index < -0.39 is 17.9 Å². The van der Waals surface area contributed by atoms with Gasteiger partial charge in [-0.25, -0.2) is 4.98 Å². The van der Waals surface area contributed by atoms with Gasteiger partial charge < -0.3 is 20.8 Å². The third-order valence-corrected chi connectivity index (χ3v) is 4.04. The molecule has 1 aromatic heterocycles. The van der Waals surface area contributed by atoms with E-state index in [0.717, 1.165) is 24.9 Å². The van der Waals surface area contributed by atoms with Crippen LogP contribution in [0.25, 0.3) is 0 Å². The first kappa shape index (κ1) is 16.2. The molecule has 0 radical (unpaired) electrons. The van der Waals surface area contributed by atoms with E-state index in [0.29, 0.717) is 12.3 Å². The fourth-order valence-electron chi connectivity index (χ4n) is 2.75. The average molecular weight is 328 g/mol. The quantitative estimate of drug-likeness (QED) is 0.730. The van der Waals surface area contributed by atoms with Crippen molar-refractivity contribution in [1.82, 2.24) is 15.6 Å². The van der Waals surface area contributed by atoms with Gasteiger partial charge in [0.05, 0.1) is 6.04 Å². The van der Waals surface area contributed by atoms with E-state index in [-0.39, 0.29) is 11.7 Å². The second kappa shape index (κ2) is 7.27. The van der Waals surface area contributed by atoms with Crippen LogP contribution in [0.15, 0.2) is 41.0 Å². The van der Waals surface area contributed by atoms with E-state index >= 15 is 0 Å². The minimum Gasteiger partial charge on any atom is -0.446 e. The van der Waals surface area contributed by atoms with Crippen molar-refractivity contribution in [3.63, 3.8) is 0 Å². The van der Waals surface area contributed by atoms with E-state index in [2.05, 4.69) is 15.6 Å². The Morgan fingerprint density at radius 3 is 2.83 bits per heavy atom. The number of aromatic nitrogens is 1. The van der Waals surface area contributed by atoms with Gasteiger partial charge in [-0.15, -0.1) is 0 Å². The molecule has 2 amide bonds. The fraction of sp³-hybridized carbons (Fsp3) is 0.353. The summed E-state index contributed by atoms with van der Waals surface area (Å²) >= 11 is 0. The molecule has 0 spiro atoms. The van der Waals surface area contributed by atoms with Crippen LogP contribution in [-0.4, -0.2) is 29.4 Å². The van der Waals surface area contributed by atoms with E-state index in [4.69, 9.17) is 10.2 Å². The van der Waals surface area contributed by atoms with Gasteiger partial charge in [-0.2, -0.15) is 0 Å². The number of amides is 2. The number of hydrogen-bond acceptors (Lipinski definition) is 5. The molecule has 1 aliphatic heterocycles. The zero-order chi connectivity index (χ0) is 16.9. The highest BCUT2D eigenvalue weighted by Crippen LogP contribution is 2.22. The number of nitrogens with two attached hydrogens (primary N) is 1. The van der Waals surface area contributed by atoms with Crippen LogP contribution in [0.4, 0.5) is 0 Å². The Morgan fingerprint density at radius 2 is 2.17 bits per heavy atom. The van der Waals surface area contributed by atoms with Crippen molar-refractivity contribution in [2.45, 2.75) is 31.3 Å². The summed E-state index contributed by atoms with van der Waals surface area (Å²) in [6.07, 6.45) is 3.62. The standard InChI is InChI=1S/C17H20N4O3/c18-15(22)13(9-11-5-2-1-3-6-11)20-16(23)14-10-24-17(21-14)12-7-4-8-19-12/h1-3,5-6,10,12-13,19H,4,7-9H2,(H2,18,22)(H,20,23). The van der Waals surface area contributed by atoms with Gasteiger partial charge in [0.15, 0.2) is 5.69 Å². The van der Waals surface area contributed by atoms with Crippen molar-refractivity contribution in [3.05, 3.63) is 53.7 Å². The number of oxazole rings is 1. The van der Waals surface area contributed by atoms with Gasteiger partial charge in [-0.05, 0) is 24.9 Å². The van der Waals surface area contributed by atoms with Gasteiger partial charge in [-0.1, -0.05) is 30.3 Å². The molecule has 4 N–H and O–H groups in total. The summed E-state index contributed by atoms with van der Waals surface area (Å²) in [5.41, 5.74) is 6.47. The Kier molecular flexibility index (Phi) is 4.90. The largest absolute Gasteiger partial charge is 0.446 e. The second-order valence-electron chi connectivity index (χ2n) is 5.84. The number of nitrogens with one attached hydrogen (secondary N) is 2. The van der Waals surface area contributed by atoms with Gasteiger partial charge in [-0.3, -0.25) is 9.59 Å². The molecule has 2 unspecified atom stereocenters. The molecular formula is C17H20N4O3. The molecule has 3 rings (SSSR count). The third-order valence-electron chi connectivity index (χ3n) is 4.04. The Labute approximate surface area is 139 Å². The van der Waals surface area contributed by atoms with E-state index in [9.17, 15) is 9.59 Å². The van der Waals surface area contributed by atoms with Crippen molar-refractivity contribution in [2.24, 2.45) is 5.73 Å². The first-order valence-corrected chi connectivity index (χ1v) is 7.96. The minimum absolute atomic E-state index is 0.0443. The van der Waals surface area contributed by atoms with Gasteiger partial charge >= 0.3 is 0 Å². The van der Waals surface area contributed by atoms with Gasteiger partial charge in [0.1, 0.15) is 12.3 Å². The smallest absolute Gasteiger partial charge is 0.273 e. The topological polar surface area (TPSA) is 110 Å². The van der Waals surface area contributed by atoms with Crippen LogP contribution >= 0.6 is 0 Å². The molecule has 0 aliphatic carbocycles. The third kappa shape index (κ3) is 3.80. The highest BCUT2D eigenvalue weighted by molar-refractivity contribution is 5.95. The summed E-state index contributed by atoms with van der Waals surface area (Å²) in [5.74, 6) is -0.563. The molecule has 7 nitrogen and oxygen atoms in total. The zero-order valence-corrected chi connectivity index (χ0v) is 13.2. The van der Waals surface area contributed by atoms with Crippen molar-refractivity contribution in [3.8, 4) is 0 Å². The SMILES string of the molecule is NC(=O)C(Cc1ccccc1)NC(=O)c1coc(C2CCCN2)n1. The molecule has 24 heavy (non-hydrogen) atoms. The number of hydrogen-bond donors (Lipinski definition) is 3. The number of nitrogens with zero attached hydrogens (tertiary/aromatic N) is 1. The van der Waals surface area contributed by atoms with Crippen LogP contribution in [0.2, 0.25) is 0 Å². The van der Waals surface area contributed by atoms with Crippen molar-refractivity contribution < 1.29 is 14.0 Å². The molecule has 1 aromatic carbocycles. The first-order valence-electron chi connectivity index (χ1n) is 7.96. The molecule has 0 saturated carbocycles.